The Hall–Kier alpha value is -4.67. The lowest BCUT2D eigenvalue weighted by Gasteiger charge is -2.58. The van der Waals surface area contributed by atoms with Crippen LogP contribution in [0.25, 0.3) is 0 Å². The van der Waals surface area contributed by atoms with Crippen LogP contribution >= 0.6 is 11.8 Å². The lowest BCUT2D eigenvalue weighted by Crippen LogP contribution is -2.64. The van der Waals surface area contributed by atoms with E-state index in [1.807, 2.05) is 72.8 Å². The van der Waals surface area contributed by atoms with Gasteiger partial charge in [0.15, 0.2) is 0 Å². The van der Waals surface area contributed by atoms with Gasteiger partial charge in [-0.05, 0) is 91.1 Å². The summed E-state index contributed by atoms with van der Waals surface area (Å²) in [5.41, 5.74) is 4.55. The van der Waals surface area contributed by atoms with Crippen molar-refractivity contribution >= 4 is 23.8 Å². The molecule has 0 spiro atoms. The van der Waals surface area contributed by atoms with E-state index in [0.717, 1.165) is 71.4 Å². The first kappa shape index (κ1) is 39.6. The van der Waals surface area contributed by atoms with E-state index in [4.69, 9.17) is 24.2 Å². The SMILES string of the molecule is C=CCO[C@@]12Oc3ccc(Oc4cccc(C=O)c4)cc3[C@H]3[C@H](CCCCO)[C@@H](CCCCO)C=C(C(=NOCc4ccccc4)C[C@@H]1Sc1ccccc1)[C@H]32. The molecule has 1 fully saturated rings. The van der Waals surface area contributed by atoms with Crippen molar-refractivity contribution in [2.45, 2.75) is 73.4 Å². The van der Waals surface area contributed by atoms with Crippen molar-refractivity contribution in [3.63, 3.8) is 0 Å². The van der Waals surface area contributed by atoms with Crippen LogP contribution in [0.2, 0.25) is 0 Å². The van der Waals surface area contributed by atoms with Crippen molar-refractivity contribution in [1.29, 1.82) is 0 Å². The molecule has 0 bridgehead atoms. The van der Waals surface area contributed by atoms with E-state index in [1.165, 1.54) is 0 Å². The zero-order valence-electron chi connectivity index (χ0n) is 31.7. The Morgan fingerprint density at radius 2 is 1.62 bits per heavy atom. The van der Waals surface area contributed by atoms with Crippen molar-refractivity contribution in [2.75, 3.05) is 19.8 Å². The lowest BCUT2D eigenvalue weighted by atomic mass is 9.56. The minimum Gasteiger partial charge on any atom is -0.460 e. The van der Waals surface area contributed by atoms with Gasteiger partial charge >= 0.3 is 0 Å². The van der Waals surface area contributed by atoms with Crippen LogP contribution in [0.3, 0.4) is 0 Å². The number of fused-ring (bicyclic) bond motifs is 2. The number of nitrogens with zero attached hydrogens (tertiary/aromatic N) is 1. The van der Waals surface area contributed by atoms with E-state index < -0.39 is 5.79 Å². The van der Waals surface area contributed by atoms with Crippen LogP contribution in [0.5, 0.6) is 17.2 Å². The molecule has 2 aliphatic carbocycles. The second kappa shape index (κ2) is 19.0. The van der Waals surface area contributed by atoms with Crippen LogP contribution in [0.1, 0.15) is 72.3 Å². The minimum absolute atomic E-state index is 0.0789. The zero-order chi connectivity index (χ0) is 38.7. The van der Waals surface area contributed by atoms with Gasteiger partial charge in [0.25, 0.3) is 0 Å². The van der Waals surface area contributed by atoms with Crippen molar-refractivity contribution in [1.82, 2.24) is 0 Å². The summed E-state index contributed by atoms with van der Waals surface area (Å²) in [5, 5.41) is 24.5. The van der Waals surface area contributed by atoms with Crippen molar-refractivity contribution < 1.29 is 34.1 Å². The van der Waals surface area contributed by atoms with E-state index in [9.17, 15) is 15.0 Å². The van der Waals surface area contributed by atoms with Gasteiger partial charge in [-0.25, -0.2) is 0 Å². The molecular formula is C47H51NO7S. The Kier molecular flexibility index (Phi) is 13.4. The summed E-state index contributed by atoms with van der Waals surface area (Å²) in [5.74, 6) is 0.824. The number of carbonyl (C=O) groups is 1. The topological polar surface area (TPSA) is 107 Å². The lowest BCUT2D eigenvalue weighted by molar-refractivity contribution is -0.223. The van der Waals surface area contributed by atoms with Gasteiger partial charge < -0.3 is 29.3 Å². The van der Waals surface area contributed by atoms with Gasteiger partial charge in [-0.3, -0.25) is 4.79 Å². The first-order chi connectivity index (χ1) is 27.6. The number of thioether (sulfide) groups is 1. The maximum Gasteiger partial charge on any atom is 0.231 e. The number of hydrogen-bond acceptors (Lipinski definition) is 9. The molecule has 0 radical (unpaired) electrons. The Morgan fingerprint density at radius 3 is 2.38 bits per heavy atom. The van der Waals surface area contributed by atoms with Crippen LogP contribution in [0.4, 0.5) is 0 Å². The number of aldehydes is 1. The third kappa shape index (κ3) is 8.82. The predicted octanol–water partition coefficient (Wildman–Crippen LogP) is 9.92. The van der Waals surface area contributed by atoms with Gasteiger partial charge in [0, 0.05) is 41.6 Å². The highest BCUT2D eigenvalue weighted by Gasteiger charge is 2.64. The number of unbranched alkanes of at least 4 members (excludes halogenated alkanes) is 2. The largest absolute Gasteiger partial charge is 0.460 e. The van der Waals surface area contributed by atoms with Gasteiger partial charge in [0.05, 0.1) is 23.5 Å². The van der Waals surface area contributed by atoms with Crippen LogP contribution in [-0.2, 0) is 16.2 Å². The number of rotatable bonds is 19. The van der Waals surface area contributed by atoms with E-state index in [1.54, 1.807) is 30.0 Å². The molecule has 56 heavy (non-hydrogen) atoms. The van der Waals surface area contributed by atoms with E-state index in [0.29, 0.717) is 36.5 Å². The van der Waals surface area contributed by atoms with Gasteiger partial charge in [-0.15, -0.1) is 18.3 Å². The standard InChI is InChI=1S/C47H51NO7S/c1-2-26-52-47-44(56-38-19-7-4-8-20-38)30-42(48-53-32-33-14-5-3-6-15-33)40-28-35(17-9-11-24-49)39(21-10-12-25-50)45(46(40)47)41-29-37(22-23-43(41)55-47)54-36-18-13-16-34(27-36)31-51/h2-8,13-16,18-20,22-23,27-29,31,35,39,44-46,49-50H,1,9-12,17,21,24-26,30,32H2/t35-,39+,44-,45+,46+,47+/m0/s1. The molecule has 4 aromatic carbocycles. The third-order valence-electron chi connectivity index (χ3n) is 11.1. The highest BCUT2D eigenvalue weighted by Crippen LogP contribution is 2.63. The second-order valence-corrected chi connectivity index (χ2v) is 16.0. The minimum atomic E-state index is -1.09. The first-order valence-corrected chi connectivity index (χ1v) is 20.6. The number of benzene rings is 4. The number of carbonyl (C=O) groups excluding carboxylic acids is 1. The molecule has 1 heterocycles. The zero-order valence-corrected chi connectivity index (χ0v) is 32.5. The summed E-state index contributed by atoms with van der Waals surface area (Å²) in [6.07, 6.45) is 10.5. The smallest absolute Gasteiger partial charge is 0.231 e. The molecule has 9 heteroatoms. The first-order valence-electron chi connectivity index (χ1n) is 19.8. The van der Waals surface area contributed by atoms with Crippen LogP contribution in [-0.4, -0.2) is 53.1 Å². The molecule has 1 aliphatic heterocycles. The quantitative estimate of drug-likeness (QED) is 0.0420. The van der Waals surface area contributed by atoms with Gasteiger partial charge in [0.2, 0.25) is 5.79 Å². The van der Waals surface area contributed by atoms with Crippen molar-refractivity contribution in [3.05, 3.63) is 144 Å². The summed E-state index contributed by atoms with van der Waals surface area (Å²) in [6, 6.07) is 33.6. The molecule has 0 amide bonds. The Bertz CT molecular complexity index is 1980. The Labute approximate surface area is 334 Å². The fourth-order valence-electron chi connectivity index (χ4n) is 8.70. The molecule has 0 unspecified atom stereocenters. The molecule has 292 valence electrons. The van der Waals surface area contributed by atoms with Gasteiger partial charge in [-0.1, -0.05) is 90.8 Å². The summed E-state index contributed by atoms with van der Waals surface area (Å²) in [6.45, 7) is 4.95. The Balaban J connectivity index is 1.40. The number of hydrogen-bond donors (Lipinski definition) is 2. The van der Waals surface area contributed by atoms with Crippen molar-refractivity contribution in [2.24, 2.45) is 22.9 Å². The molecule has 1 saturated carbocycles. The fourth-order valence-corrected chi connectivity index (χ4v) is 10.0. The monoisotopic (exact) mass is 773 g/mol. The average molecular weight is 774 g/mol. The second-order valence-electron chi connectivity index (χ2n) is 14.7. The molecule has 0 aromatic heterocycles. The summed E-state index contributed by atoms with van der Waals surface area (Å²) >= 11 is 1.73. The third-order valence-corrected chi connectivity index (χ3v) is 12.4. The van der Waals surface area contributed by atoms with Gasteiger partial charge in [0.1, 0.15) is 30.1 Å². The average Bonchev–Trinajstić information content (AvgIpc) is 3.23. The maximum atomic E-state index is 11.6. The highest BCUT2D eigenvalue weighted by molar-refractivity contribution is 8.00. The van der Waals surface area contributed by atoms with Crippen LogP contribution in [0, 0.1) is 17.8 Å². The summed E-state index contributed by atoms with van der Waals surface area (Å²) < 4.78 is 20.8. The number of aliphatic hydroxyl groups is 2. The number of allylic oxidation sites excluding steroid dienone is 1. The summed E-state index contributed by atoms with van der Waals surface area (Å²) in [4.78, 5) is 18.9. The van der Waals surface area contributed by atoms with Crippen LogP contribution in [0.15, 0.2) is 137 Å². The molecular weight excluding hydrogens is 723 g/mol. The molecule has 4 aromatic rings. The highest BCUT2D eigenvalue weighted by atomic mass is 32.2. The van der Waals surface area contributed by atoms with E-state index >= 15 is 0 Å². The predicted molar refractivity (Wildman–Crippen MR) is 220 cm³/mol. The Morgan fingerprint density at radius 1 is 0.875 bits per heavy atom. The number of ether oxygens (including phenoxy) is 3. The number of oxime groups is 1. The molecule has 8 nitrogen and oxygen atoms in total. The maximum absolute atomic E-state index is 11.6. The van der Waals surface area contributed by atoms with Gasteiger partial charge in [-0.2, -0.15) is 0 Å². The number of aliphatic hydroxyl groups excluding tert-OH is 2. The normalized spacial score (nSPS) is 24.3. The van der Waals surface area contributed by atoms with Crippen LogP contribution < -0.4 is 9.47 Å². The molecule has 7 rings (SSSR count). The molecule has 3 aliphatic rings. The fraction of sp³-hybridized carbons (Fsp3) is 0.362. The van der Waals surface area contributed by atoms with Crippen molar-refractivity contribution in [3.8, 4) is 17.2 Å². The van der Waals surface area contributed by atoms with E-state index in [-0.39, 0.29) is 48.7 Å². The molecule has 2 N–H and O–H groups in total. The van der Waals surface area contributed by atoms with E-state index in [2.05, 4.69) is 30.9 Å². The molecule has 0 saturated heterocycles. The molecule has 6 atom stereocenters. The summed E-state index contributed by atoms with van der Waals surface area (Å²) in [7, 11) is 0.